The minimum absolute atomic E-state index is 0.0660. The van der Waals surface area contributed by atoms with Gasteiger partial charge in [0.2, 0.25) is 17.7 Å². The summed E-state index contributed by atoms with van der Waals surface area (Å²) in [6.45, 7) is 1.89. The van der Waals surface area contributed by atoms with Gasteiger partial charge in [0.25, 0.3) is 0 Å². The van der Waals surface area contributed by atoms with Crippen LogP contribution in [0.25, 0.3) is 0 Å². The van der Waals surface area contributed by atoms with Crippen LogP contribution in [-0.4, -0.2) is 82.1 Å². The summed E-state index contributed by atoms with van der Waals surface area (Å²) in [6, 6.07) is 16.4. The van der Waals surface area contributed by atoms with Crippen molar-refractivity contribution in [1.82, 2.24) is 15.1 Å². The zero-order valence-corrected chi connectivity index (χ0v) is 24.6. The first-order valence-electron chi connectivity index (χ1n) is 15.1. The molecular weight excluding hydrogens is 562 g/mol. The third-order valence-corrected chi connectivity index (χ3v) is 9.04. The van der Waals surface area contributed by atoms with Gasteiger partial charge in [-0.05, 0) is 24.5 Å². The largest absolute Gasteiger partial charge is 0.463 e. The number of hydrogen-bond donors (Lipinski definition) is 2. The Hall–Kier alpha value is -4.28. The Morgan fingerprint density at radius 3 is 2.45 bits per heavy atom. The zero-order chi connectivity index (χ0) is 30.8. The third kappa shape index (κ3) is 5.33. The molecular formula is C34H37N3O7. The number of aliphatic hydroxyl groups is 1. The number of amides is 3. The fourth-order valence-electron chi connectivity index (χ4n) is 6.93. The second-order valence-electron chi connectivity index (χ2n) is 11.8. The summed E-state index contributed by atoms with van der Waals surface area (Å²) in [7, 11) is 0. The van der Waals surface area contributed by atoms with E-state index in [2.05, 4.69) is 5.32 Å². The summed E-state index contributed by atoms with van der Waals surface area (Å²) in [5.41, 5.74) is 0.251. The van der Waals surface area contributed by atoms with Crippen LogP contribution in [0.15, 0.2) is 85.0 Å². The predicted molar refractivity (Wildman–Crippen MR) is 159 cm³/mol. The smallest absolute Gasteiger partial charge is 0.306 e. The number of rotatable bonds is 5. The van der Waals surface area contributed by atoms with E-state index in [1.54, 1.807) is 30.1 Å². The average molecular weight is 600 g/mol. The molecule has 2 saturated heterocycles. The van der Waals surface area contributed by atoms with Crippen LogP contribution < -0.4 is 5.32 Å². The van der Waals surface area contributed by atoms with E-state index in [9.17, 15) is 24.3 Å². The highest BCUT2D eigenvalue weighted by atomic mass is 16.5. The molecule has 4 aliphatic heterocycles. The molecule has 0 aliphatic carbocycles. The van der Waals surface area contributed by atoms with Gasteiger partial charge in [0.1, 0.15) is 18.2 Å². The van der Waals surface area contributed by atoms with E-state index in [0.29, 0.717) is 19.5 Å². The van der Waals surface area contributed by atoms with E-state index in [1.807, 2.05) is 66.7 Å². The summed E-state index contributed by atoms with van der Waals surface area (Å²) >= 11 is 0. The van der Waals surface area contributed by atoms with Crippen LogP contribution in [0.3, 0.4) is 0 Å². The van der Waals surface area contributed by atoms with Crippen LogP contribution in [0.1, 0.15) is 36.9 Å². The van der Waals surface area contributed by atoms with Crippen molar-refractivity contribution >= 4 is 23.7 Å². The minimum atomic E-state index is -1.44. The number of aliphatic hydroxyl groups excluding tert-OH is 1. The van der Waals surface area contributed by atoms with Crippen LogP contribution >= 0.6 is 0 Å². The number of hydrogen-bond acceptors (Lipinski definition) is 7. The average Bonchev–Trinajstić information content (AvgIpc) is 3.44. The van der Waals surface area contributed by atoms with Crippen molar-refractivity contribution in [3.05, 3.63) is 96.1 Å². The molecule has 44 heavy (non-hydrogen) atoms. The molecule has 2 aromatic carbocycles. The molecule has 7 atom stereocenters. The quantitative estimate of drug-likeness (QED) is 0.399. The maximum atomic E-state index is 14.4. The number of carbonyl (C=O) groups excluding carboxylic acids is 4. The molecule has 6 rings (SSSR count). The highest BCUT2D eigenvalue weighted by molar-refractivity contribution is 6.00. The molecule has 2 N–H and O–H groups in total. The predicted octanol–water partition coefficient (Wildman–Crippen LogP) is 2.30. The molecule has 0 saturated carbocycles. The highest BCUT2D eigenvalue weighted by Gasteiger charge is 2.72. The summed E-state index contributed by atoms with van der Waals surface area (Å²) in [6.07, 6.45) is 6.78. The fraction of sp³-hybridized carbons (Fsp3) is 0.412. The van der Waals surface area contributed by atoms with Gasteiger partial charge in [-0.3, -0.25) is 19.2 Å². The Morgan fingerprint density at radius 1 is 1.00 bits per heavy atom. The Morgan fingerprint density at radius 2 is 1.73 bits per heavy atom. The number of nitrogens with one attached hydrogen (secondary N) is 1. The topological polar surface area (TPSA) is 125 Å². The van der Waals surface area contributed by atoms with Gasteiger partial charge in [-0.2, -0.15) is 0 Å². The van der Waals surface area contributed by atoms with E-state index in [-0.39, 0.29) is 31.5 Å². The van der Waals surface area contributed by atoms with E-state index < -0.39 is 53.5 Å². The number of benzene rings is 2. The van der Waals surface area contributed by atoms with Crippen molar-refractivity contribution in [3.8, 4) is 0 Å². The first kappa shape index (κ1) is 29.8. The summed E-state index contributed by atoms with van der Waals surface area (Å²) in [5.74, 6) is -3.54. The molecule has 0 bridgehead atoms. The third-order valence-electron chi connectivity index (χ3n) is 9.04. The molecule has 3 amide bonds. The second kappa shape index (κ2) is 12.4. The SMILES string of the molecule is C[C@H](CO)N1C(=O)[C@@H]2[C@H]3C(=O)N[C@H](c4ccccc4)COC(=O)CC/C=C\[C@H]3O[C@@]23C=CCN(Cc2ccccc2)C(=O)[C@@H]13. The minimum Gasteiger partial charge on any atom is -0.463 e. The summed E-state index contributed by atoms with van der Waals surface area (Å²) in [5, 5.41) is 13.2. The zero-order valence-electron chi connectivity index (χ0n) is 24.6. The second-order valence-corrected chi connectivity index (χ2v) is 11.8. The number of cyclic esters (lactones) is 1. The van der Waals surface area contributed by atoms with Gasteiger partial charge >= 0.3 is 5.97 Å². The van der Waals surface area contributed by atoms with Crippen molar-refractivity contribution in [3.63, 3.8) is 0 Å². The molecule has 10 nitrogen and oxygen atoms in total. The fourth-order valence-corrected chi connectivity index (χ4v) is 6.93. The van der Waals surface area contributed by atoms with Gasteiger partial charge in [-0.1, -0.05) is 85.0 Å². The molecule has 0 unspecified atom stereocenters. The maximum Gasteiger partial charge on any atom is 0.306 e. The standard InChI is InChI=1S/C34H37N3O7/c1-22(20-38)37-30-33(42)36(19-23-11-4-2-5-12-23)18-10-17-34(30)29(32(37)41)28-26(44-34)15-8-9-16-27(39)43-21-25(35-31(28)40)24-13-6-3-7-14-24/h2-8,10-15,17,22,25-26,28-30,38H,9,16,18-21H2,1H3,(H,35,40)/b15-8-/t22-,25+,26-,28+,29+,30-,34+/m1/s1. The van der Waals surface area contributed by atoms with Gasteiger partial charge in [-0.25, -0.2) is 0 Å². The number of carbonyl (C=O) groups is 4. The highest BCUT2D eigenvalue weighted by Crippen LogP contribution is 2.53. The molecule has 2 aromatic rings. The van der Waals surface area contributed by atoms with Gasteiger partial charge in [-0.15, -0.1) is 0 Å². The van der Waals surface area contributed by atoms with Crippen LogP contribution in [0, 0.1) is 11.8 Å². The lowest BCUT2D eigenvalue weighted by molar-refractivity contribution is -0.150. The lowest BCUT2D eigenvalue weighted by Crippen LogP contribution is -2.57. The molecule has 0 aromatic heterocycles. The first-order chi connectivity index (χ1) is 21.3. The molecule has 0 radical (unpaired) electrons. The summed E-state index contributed by atoms with van der Waals surface area (Å²) in [4.78, 5) is 58.6. The van der Waals surface area contributed by atoms with Gasteiger partial charge in [0, 0.05) is 19.5 Å². The Kier molecular flexibility index (Phi) is 8.38. The van der Waals surface area contributed by atoms with Crippen LogP contribution in [0.5, 0.6) is 0 Å². The molecule has 4 heterocycles. The number of likely N-dealkylation sites (tertiary alicyclic amines) is 1. The van der Waals surface area contributed by atoms with E-state index in [0.717, 1.165) is 11.1 Å². The Balaban J connectivity index is 1.41. The summed E-state index contributed by atoms with van der Waals surface area (Å²) < 4.78 is 12.2. The molecule has 1 spiro atoms. The van der Waals surface area contributed by atoms with Crippen molar-refractivity contribution in [2.75, 3.05) is 19.8 Å². The van der Waals surface area contributed by atoms with Gasteiger partial charge in [0.15, 0.2) is 0 Å². The van der Waals surface area contributed by atoms with E-state index in [4.69, 9.17) is 9.47 Å². The maximum absolute atomic E-state index is 14.4. The number of fused-ring (bicyclic) bond motifs is 2. The van der Waals surface area contributed by atoms with E-state index in [1.165, 1.54) is 4.90 Å². The van der Waals surface area contributed by atoms with Crippen molar-refractivity contribution in [2.24, 2.45) is 11.8 Å². The lowest BCUT2D eigenvalue weighted by Gasteiger charge is -2.37. The molecule has 2 fully saturated rings. The lowest BCUT2D eigenvalue weighted by atomic mass is 9.77. The number of esters is 1. The molecule has 230 valence electrons. The number of allylic oxidation sites excluding steroid dienone is 1. The number of nitrogens with zero attached hydrogens (tertiary/aromatic N) is 2. The van der Waals surface area contributed by atoms with Crippen molar-refractivity contribution in [2.45, 2.75) is 56.1 Å². The van der Waals surface area contributed by atoms with Crippen molar-refractivity contribution in [1.29, 1.82) is 0 Å². The van der Waals surface area contributed by atoms with Crippen LogP contribution in [-0.2, 0) is 35.2 Å². The number of ether oxygens (including phenoxy) is 2. The normalized spacial score (nSPS) is 31.9. The van der Waals surface area contributed by atoms with E-state index >= 15 is 0 Å². The molecule has 10 heteroatoms. The van der Waals surface area contributed by atoms with Gasteiger partial charge in [0.05, 0.1) is 36.6 Å². The first-order valence-corrected chi connectivity index (χ1v) is 15.1. The van der Waals surface area contributed by atoms with Crippen LogP contribution in [0.4, 0.5) is 0 Å². The monoisotopic (exact) mass is 599 g/mol. The van der Waals surface area contributed by atoms with Crippen molar-refractivity contribution < 1.29 is 33.8 Å². The van der Waals surface area contributed by atoms with Gasteiger partial charge < -0.3 is 29.7 Å². The Labute approximate surface area is 256 Å². The molecule has 4 aliphatic rings. The Bertz CT molecular complexity index is 1460. The van der Waals surface area contributed by atoms with Crippen LogP contribution in [0.2, 0.25) is 0 Å².